The minimum Gasteiger partial charge on any atom is -0.396 e. The maximum atomic E-state index is 12.0. The summed E-state index contributed by atoms with van der Waals surface area (Å²) in [6, 6.07) is 18.2. The predicted molar refractivity (Wildman–Crippen MR) is 113 cm³/mol. The lowest BCUT2D eigenvalue weighted by Crippen LogP contribution is -2.23. The van der Waals surface area contributed by atoms with Crippen LogP contribution in [-0.2, 0) is 11.8 Å². The molecule has 28 heavy (non-hydrogen) atoms. The highest BCUT2D eigenvalue weighted by molar-refractivity contribution is 5.80. The number of aryl methyl sites for hydroxylation is 1. The van der Waals surface area contributed by atoms with E-state index in [-0.39, 0.29) is 12.2 Å². The van der Waals surface area contributed by atoms with Crippen LogP contribution in [0.5, 0.6) is 0 Å². The van der Waals surface area contributed by atoms with Gasteiger partial charge in [-0.3, -0.25) is 4.79 Å². The lowest BCUT2D eigenvalue weighted by atomic mass is 9.78. The Morgan fingerprint density at radius 3 is 2.79 bits per heavy atom. The molecule has 3 aromatic rings. The molecule has 0 saturated heterocycles. The maximum Gasteiger partial charge on any atom is 0.251 e. The van der Waals surface area contributed by atoms with Crippen LogP contribution >= 0.6 is 0 Å². The molecular formula is C24H24N2O2. The van der Waals surface area contributed by atoms with Gasteiger partial charge in [0, 0.05) is 17.7 Å². The summed E-state index contributed by atoms with van der Waals surface area (Å²) >= 11 is 0. The summed E-state index contributed by atoms with van der Waals surface area (Å²) < 4.78 is 0. The van der Waals surface area contributed by atoms with Gasteiger partial charge in [0.15, 0.2) is 0 Å². The number of hydrogen-bond donors (Lipinski definition) is 2. The quantitative estimate of drug-likeness (QED) is 0.679. The fraction of sp³-hybridized carbons (Fsp3) is 0.250. The maximum absolute atomic E-state index is 12.0. The molecule has 0 aliphatic rings. The number of H-pyrrole nitrogens is 1. The van der Waals surface area contributed by atoms with Gasteiger partial charge in [-0.15, -0.1) is 0 Å². The van der Waals surface area contributed by atoms with Crippen molar-refractivity contribution in [3.8, 4) is 6.07 Å². The van der Waals surface area contributed by atoms with Crippen molar-refractivity contribution in [3.63, 3.8) is 0 Å². The number of nitrogens with one attached hydrogen (secondary N) is 1. The van der Waals surface area contributed by atoms with Crippen LogP contribution in [0, 0.1) is 18.3 Å². The molecule has 0 bridgehead atoms. The third-order valence-electron chi connectivity index (χ3n) is 5.03. The van der Waals surface area contributed by atoms with E-state index < -0.39 is 5.41 Å². The van der Waals surface area contributed by atoms with Crippen molar-refractivity contribution in [3.05, 3.63) is 87.2 Å². The third kappa shape index (κ3) is 4.21. The third-order valence-corrected chi connectivity index (χ3v) is 5.03. The molecule has 0 aliphatic heterocycles. The molecule has 1 atom stereocenters. The molecule has 4 nitrogen and oxygen atoms in total. The summed E-state index contributed by atoms with van der Waals surface area (Å²) in [5.74, 6) is 0. The van der Waals surface area contributed by atoms with Gasteiger partial charge < -0.3 is 10.1 Å². The molecule has 0 amide bonds. The Kier molecular flexibility index (Phi) is 5.77. The highest BCUT2D eigenvalue weighted by atomic mass is 16.2. The monoisotopic (exact) mass is 372 g/mol. The molecule has 2 aromatic carbocycles. The van der Waals surface area contributed by atoms with E-state index >= 15 is 0 Å². The number of fused-ring (bicyclic) bond motifs is 1. The van der Waals surface area contributed by atoms with Crippen molar-refractivity contribution < 1.29 is 5.11 Å². The van der Waals surface area contributed by atoms with E-state index in [1.807, 2.05) is 61.5 Å². The first-order valence-electron chi connectivity index (χ1n) is 9.37. The molecule has 2 N–H and O–H groups in total. The molecule has 4 heteroatoms. The fourth-order valence-electron chi connectivity index (χ4n) is 3.37. The Hall–Kier alpha value is -3.16. The van der Waals surface area contributed by atoms with E-state index in [9.17, 15) is 10.1 Å². The van der Waals surface area contributed by atoms with E-state index in [4.69, 9.17) is 5.11 Å². The fourth-order valence-corrected chi connectivity index (χ4v) is 3.37. The lowest BCUT2D eigenvalue weighted by Gasteiger charge is -2.23. The number of pyridine rings is 1. The van der Waals surface area contributed by atoms with Gasteiger partial charge in [0.1, 0.15) is 0 Å². The molecule has 1 unspecified atom stereocenters. The van der Waals surface area contributed by atoms with Crippen molar-refractivity contribution in [1.29, 1.82) is 5.26 Å². The van der Waals surface area contributed by atoms with Gasteiger partial charge in [0.2, 0.25) is 0 Å². The second-order valence-corrected chi connectivity index (χ2v) is 7.36. The van der Waals surface area contributed by atoms with Crippen LogP contribution < -0.4 is 5.56 Å². The summed E-state index contributed by atoms with van der Waals surface area (Å²) in [4.78, 5) is 14.9. The van der Waals surface area contributed by atoms with Crippen LogP contribution in [-0.4, -0.2) is 16.7 Å². The Morgan fingerprint density at radius 1 is 1.21 bits per heavy atom. The van der Waals surface area contributed by atoms with E-state index in [0.717, 1.165) is 27.6 Å². The molecule has 0 radical (unpaired) electrons. The normalized spacial score (nSPS) is 13.5. The van der Waals surface area contributed by atoms with Gasteiger partial charge in [-0.25, -0.2) is 0 Å². The van der Waals surface area contributed by atoms with Crippen molar-refractivity contribution in [2.75, 3.05) is 6.61 Å². The number of benzene rings is 2. The summed E-state index contributed by atoms with van der Waals surface area (Å²) in [6.45, 7) is 3.84. The summed E-state index contributed by atoms with van der Waals surface area (Å²) in [7, 11) is 0. The first-order chi connectivity index (χ1) is 13.4. The van der Waals surface area contributed by atoms with Crippen molar-refractivity contribution >= 4 is 17.0 Å². The van der Waals surface area contributed by atoms with Crippen molar-refractivity contribution in [1.82, 2.24) is 4.98 Å². The molecule has 1 heterocycles. The molecule has 0 spiro atoms. The molecule has 0 fully saturated rings. The van der Waals surface area contributed by atoms with Crippen LogP contribution in [0.3, 0.4) is 0 Å². The largest absolute Gasteiger partial charge is 0.396 e. The SMILES string of the molecule is Cc1cc2ccc(C(C)(C#N)Cc3cccc(C=CCCO)c3)cc2[nH]c1=O. The van der Waals surface area contributed by atoms with Gasteiger partial charge in [0.25, 0.3) is 5.56 Å². The minimum absolute atomic E-state index is 0.106. The van der Waals surface area contributed by atoms with Gasteiger partial charge in [-0.1, -0.05) is 48.6 Å². The van der Waals surface area contributed by atoms with E-state index in [2.05, 4.69) is 17.1 Å². The van der Waals surface area contributed by atoms with Crippen LogP contribution in [0.25, 0.3) is 17.0 Å². The Balaban J connectivity index is 1.94. The Morgan fingerprint density at radius 2 is 2.04 bits per heavy atom. The van der Waals surface area contributed by atoms with Gasteiger partial charge in [-0.05, 0) is 60.9 Å². The van der Waals surface area contributed by atoms with E-state index in [1.165, 1.54) is 0 Å². The number of aliphatic hydroxyl groups excluding tert-OH is 1. The van der Waals surface area contributed by atoms with Crippen LogP contribution in [0.15, 0.2) is 59.4 Å². The number of aliphatic hydroxyl groups is 1. The van der Waals surface area contributed by atoms with Gasteiger partial charge in [0.05, 0.1) is 11.5 Å². The first-order valence-corrected chi connectivity index (χ1v) is 9.37. The molecule has 0 saturated carbocycles. The highest BCUT2D eigenvalue weighted by Crippen LogP contribution is 2.30. The van der Waals surface area contributed by atoms with Crippen LogP contribution in [0.1, 0.15) is 35.6 Å². The zero-order valence-electron chi connectivity index (χ0n) is 16.2. The number of nitriles is 1. The van der Waals surface area contributed by atoms with Crippen molar-refractivity contribution in [2.45, 2.75) is 32.1 Å². The number of nitrogens with zero attached hydrogens (tertiary/aromatic N) is 1. The Bertz CT molecular complexity index is 1120. The topological polar surface area (TPSA) is 76.9 Å². The summed E-state index contributed by atoms with van der Waals surface area (Å²) in [5, 5.41) is 19.8. The molecule has 1 aromatic heterocycles. The van der Waals surface area contributed by atoms with Crippen LogP contribution in [0.4, 0.5) is 0 Å². The number of aromatic amines is 1. The molecule has 3 rings (SSSR count). The number of aromatic nitrogens is 1. The Labute approximate surface area is 164 Å². The van der Waals surface area contributed by atoms with E-state index in [1.54, 1.807) is 6.92 Å². The van der Waals surface area contributed by atoms with Crippen molar-refractivity contribution in [2.24, 2.45) is 0 Å². The summed E-state index contributed by atoms with van der Waals surface area (Å²) in [6.07, 6.45) is 5.10. The average molecular weight is 372 g/mol. The smallest absolute Gasteiger partial charge is 0.251 e. The second-order valence-electron chi connectivity index (χ2n) is 7.36. The van der Waals surface area contributed by atoms with E-state index in [0.29, 0.717) is 18.4 Å². The average Bonchev–Trinajstić information content (AvgIpc) is 2.69. The highest BCUT2D eigenvalue weighted by Gasteiger charge is 2.27. The van der Waals surface area contributed by atoms with Crippen LogP contribution in [0.2, 0.25) is 0 Å². The standard InChI is InChI=1S/C24H24N2O2/c1-17-12-20-9-10-21(14-22(20)26-23(17)28)24(2,16-25)15-19-8-5-7-18(13-19)6-3-4-11-27/h3,5-10,12-14,27H,4,11,15H2,1-2H3,(H,26,28). The number of hydrogen-bond acceptors (Lipinski definition) is 3. The summed E-state index contributed by atoms with van der Waals surface area (Å²) in [5.41, 5.74) is 3.58. The minimum atomic E-state index is -0.719. The van der Waals surface area contributed by atoms with Gasteiger partial charge in [-0.2, -0.15) is 5.26 Å². The second kappa shape index (κ2) is 8.24. The van der Waals surface area contributed by atoms with Gasteiger partial charge >= 0.3 is 0 Å². The number of rotatable bonds is 6. The zero-order valence-corrected chi connectivity index (χ0v) is 16.2. The molecule has 142 valence electrons. The molecular weight excluding hydrogens is 348 g/mol. The zero-order chi connectivity index (χ0) is 20.1. The lowest BCUT2D eigenvalue weighted by molar-refractivity contribution is 0.303. The molecule has 0 aliphatic carbocycles. The first kappa shape index (κ1) is 19.6. The predicted octanol–water partition coefficient (Wildman–Crippen LogP) is 4.26.